The number of carbonyl (C=O) groups excluding carboxylic acids is 1. The van der Waals surface area contributed by atoms with E-state index in [0.29, 0.717) is 17.9 Å². The largest absolute Gasteiger partial charge is 0.506 e. The van der Waals surface area contributed by atoms with Gasteiger partial charge in [0.2, 0.25) is 0 Å². The van der Waals surface area contributed by atoms with E-state index in [9.17, 15) is 23.1 Å². The van der Waals surface area contributed by atoms with Crippen LogP contribution in [0.3, 0.4) is 0 Å². The molecule has 0 aromatic heterocycles. The molecule has 27 heavy (non-hydrogen) atoms. The molecule has 2 aromatic rings. The topological polar surface area (TPSA) is 58.6 Å². The first-order valence-electron chi connectivity index (χ1n) is 8.68. The Kier molecular flexibility index (Phi) is 7.10. The summed E-state index contributed by atoms with van der Waals surface area (Å²) in [5, 5.41) is 12.9. The molecule has 2 N–H and O–H groups in total. The third-order valence-electron chi connectivity index (χ3n) is 4.01. The minimum atomic E-state index is -4.43. The SMILES string of the molecule is CCCCOC(=O)CC(Nc1ccccc1O)c1ccc(C(F)(F)F)cc1. The number of esters is 1. The van der Waals surface area contributed by atoms with Gasteiger partial charge in [0.1, 0.15) is 5.75 Å². The van der Waals surface area contributed by atoms with Crippen LogP contribution < -0.4 is 5.32 Å². The number of phenols is 1. The lowest BCUT2D eigenvalue weighted by molar-refractivity contribution is -0.144. The van der Waals surface area contributed by atoms with Gasteiger partial charge in [0.15, 0.2) is 0 Å². The molecule has 0 fully saturated rings. The summed E-state index contributed by atoms with van der Waals surface area (Å²) in [5.41, 5.74) is 0.0977. The first-order valence-corrected chi connectivity index (χ1v) is 8.68. The van der Waals surface area contributed by atoms with Crippen molar-refractivity contribution in [3.8, 4) is 5.75 Å². The van der Waals surface area contributed by atoms with E-state index in [1.165, 1.54) is 18.2 Å². The summed E-state index contributed by atoms with van der Waals surface area (Å²) in [6.07, 6.45) is -2.89. The molecule has 0 saturated heterocycles. The van der Waals surface area contributed by atoms with Crippen molar-refractivity contribution in [1.82, 2.24) is 0 Å². The van der Waals surface area contributed by atoms with Crippen LogP contribution in [-0.2, 0) is 15.7 Å². The Bertz CT molecular complexity index is 745. The molecule has 1 unspecified atom stereocenters. The predicted molar refractivity (Wildman–Crippen MR) is 96.4 cm³/mol. The standard InChI is InChI=1S/C20H22F3NO3/c1-2-3-12-27-19(26)13-17(24-16-6-4-5-7-18(16)25)14-8-10-15(11-9-14)20(21,22)23/h4-11,17,24-25H,2-3,12-13H2,1H3. The highest BCUT2D eigenvalue weighted by molar-refractivity contribution is 5.71. The summed E-state index contributed by atoms with van der Waals surface area (Å²) in [7, 11) is 0. The average Bonchev–Trinajstić information content (AvgIpc) is 2.62. The van der Waals surface area contributed by atoms with Crippen LogP contribution in [0.25, 0.3) is 0 Å². The number of anilines is 1. The number of hydrogen-bond donors (Lipinski definition) is 2. The summed E-state index contributed by atoms with van der Waals surface area (Å²) < 4.78 is 43.5. The van der Waals surface area contributed by atoms with E-state index in [4.69, 9.17) is 4.74 Å². The second-order valence-corrected chi connectivity index (χ2v) is 6.11. The van der Waals surface area contributed by atoms with E-state index in [1.807, 2.05) is 6.92 Å². The molecule has 4 nitrogen and oxygen atoms in total. The van der Waals surface area contributed by atoms with E-state index in [2.05, 4.69) is 5.32 Å². The highest BCUT2D eigenvalue weighted by Crippen LogP contribution is 2.32. The zero-order valence-electron chi connectivity index (χ0n) is 14.9. The van der Waals surface area contributed by atoms with Gasteiger partial charge in [-0.25, -0.2) is 0 Å². The summed E-state index contributed by atoms with van der Waals surface area (Å²) in [5.74, 6) is -0.481. The number of ether oxygens (including phenoxy) is 1. The van der Waals surface area contributed by atoms with Crippen molar-refractivity contribution in [2.75, 3.05) is 11.9 Å². The summed E-state index contributed by atoms with van der Waals surface area (Å²) in [4.78, 5) is 12.1. The third-order valence-corrected chi connectivity index (χ3v) is 4.01. The van der Waals surface area contributed by atoms with Crippen molar-refractivity contribution in [2.24, 2.45) is 0 Å². The van der Waals surface area contributed by atoms with Crippen molar-refractivity contribution < 1.29 is 27.8 Å². The number of alkyl halides is 3. The average molecular weight is 381 g/mol. The number of benzene rings is 2. The molecule has 2 rings (SSSR count). The molecule has 0 saturated carbocycles. The fraction of sp³-hybridized carbons (Fsp3) is 0.350. The highest BCUT2D eigenvalue weighted by Gasteiger charge is 2.30. The maximum atomic E-state index is 12.8. The zero-order chi connectivity index (χ0) is 19.9. The number of nitrogens with one attached hydrogen (secondary N) is 1. The second-order valence-electron chi connectivity index (χ2n) is 6.11. The molecule has 7 heteroatoms. The lowest BCUT2D eigenvalue weighted by Gasteiger charge is -2.21. The molecule has 0 aliphatic carbocycles. The van der Waals surface area contributed by atoms with E-state index in [0.717, 1.165) is 25.0 Å². The van der Waals surface area contributed by atoms with Gasteiger partial charge in [-0.3, -0.25) is 4.79 Å². The lowest BCUT2D eigenvalue weighted by atomic mass is 10.0. The number of hydrogen-bond acceptors (Lipinski definition) is 4. The molecule has 0 bridgehead atoms. The first kappa shape index (κ1) is 20.6. The highest BCUT2D eigenvalue weighted by atomic mass is 19.4. The number of para-hydroxylation sites is 2. The van der Waals surface area contributed by atoms with Crippen molar-refractivity contribution in [2.45, 2.75) is 38.4 Å². The number of rotatable bonds is 8. The molecule has 0 aliphatic heterocycles. The summed E-state index contributed by atoms with van der Waals surface area (Å²) in [6.45, 7) is 2.27. The lowest BCUT2D eigenvalue weighted by Crippen LogP contribution is -2.18. The fourth-order valence-corrected chi connectivity index (χ4v) is 2.50. The van der Waals surface area contributed by atoms with E-state index in [-0.39, 0.29) is 12.2 Å². The van der Waals surface area contributed by atoms with Crippen LogP contribution in [0.15, 0.2) is 48.5 Å². The van der Waals surface area contributed by atoms with Gasteiger partial charge in [-0.15, -0.1) is 0 Å². The molecule has 0 radical (unpaired) electrons. The Labute approximate surface area is 156 Å². The number of aromatic hydroxyl groups is 1. The maximum Gasteiger partial charge on any atom is 0.416 e. The van der Waals surface area contributed by atoms with Crippen LogP contribution in [0.5, 0.6) is 5.75 Å². The number of unbranched alkanes of at least 4 members (excludes halogenated alkanes) is 1. The maximum absolute atomic E-state index is 12.8. The van der Waals surface area contributed by atoms with Crippen LogP contribution >= 0.6 is 0 Å². The van der Waals surface area contributed by atoms with Gasteiger partial charge in [-0.2, -0.15) is 13.2 Å². The van der Waals surface area contributed by atoms with Crippen molar-refractivity contribution in [1.29, 1.82) is 0 Å². The zero-order valence-corrected chi connectivity index (χ0v) is 14.9. The Balaban J connectivity index is 2.20. The van der Waals surface area contributed by atoms with E-state index < -0.39 is 23.8 Å². The molecular formula is C20H22F3NO3. The molecule has 146 valence electrons. The normalized spacial score (nSPS) is 12.4. The van der Waals surface area contributed by atoms with E-state index in [1.54, 1.807) is 18.2 Å². The molecule has 2 aromatic carbocycles. The number of halogens is 3. The fourth-order valence-electron chi connectivity index (χ4n) is 2.50. The molecule has 0 amide bonds. The van der Waals surface area contributed by atoms with Crippen LogP contribution in [-0.4, -0.2) is 17.7 Å². The molecule has 0 spiro atoms. The monoisotopic (exact) mass is 381 g/mol. The minimum absolute atomic E-state index is 0.0197. The Hall–Kier alpha value is -2.70. The number of phenolic OH excluding ortho intramolecular Hbond substituents is 1. The predicted octanol–water partition coefficient (Wildman–Crippen LogP) is 5.30. The Morgan fingerprint density at radius 1 is 1.15 bits per heavy atom. The summed E-state index contributed by atoms with van der Waals surface area (Å²) in [6, 6.07) is 10.4. The van der Waals surface area contributed by atoms with Gasteiger partial charge < -0.3 is 15.2 Å². The van der Waals surface area contributed by atoms with Crippen LogP contribution in [0.2, 0.25) is 0 Å². The molecule has 0 heterocycles. The van der Waals surface area contributed by atoms with Crippen molar-refractivity contribution in [3.05, 3.63) is 59.7 Å². The second kappa shape index (κ2) is 9.30. The van der Waals surface area contributed by atoms with Gasteiger partial charge in [0, 0.05) is 0 Å². The summed E-state index contributed by atoms with van der Waals surface area (Å²) >= 11 is 0. The Morgan fingerprint density at radius 2 is 1.81 bits per heavy atom. The smallest absolute Gasteiger partial charge is 0.416 e. The molecule has 1 atom stereocenters. The quantitative estimate of drug-likeness (QED) is 0.370. The van der Waals surface area contributed by atoms with Crippen molar-refractivity contribution >= 4 is 11.7 Å². The van der Waals surface area contributed by atoms with Crippen LogP contribution in [0.1, 0.15) is 43.4 Å². The van der Waals surface area contributed by atoms with Gasteiger partial charge in [-0.05, 0) is 36.2 Å². The first-order chi connectivity index (χ1) is 12.8. The van der Waals surface area contributed by atoms with Crippen molar-refractivity contribution in [3.63, 3.8) is 0 Å². The third kappa shape index (κ3) is 6.20. The van der Waals surface area contributed by atoms with Crippen LogP contribution in [0.4, 0.5) is 18.9 Å². The van der Waals surface area contributed by atoms with Gasteiger partial charge in [0.25, 0.3) is 0 Å². The van der Waals surface area contributed by atoms with Gasteiger partial charge in [0.05, 0.1) is 30.3 Å². The van der Waals surface area contributed by atoms with Gasteiger partial charge >= 0.3 is 12.1 Å². The van der Waals surface area contributed by atoms with Gasteiger partial charge in [-0.1, -0.05) is 37.6 Å². The van der Waals surface area contributed by atoms with Crippen LogP contribution in [0, 0.1) is 0 Å². The minimum Gasteiger partial charge on any atom is -0.506 e. The van der Waals surface area contributed by atoms with E-state index >= 15 is 0 Å². The molecular weight excluding hydrogens is 359 g/mol. The number of carbonyl (C=O) groups is 1. The molecule has 0 aliphatic rings. The Morgan fingerprint density at radius 3 is 2.41 bits per heavy atom.